The molecular weight excluding hydrogens is 344 g/mol. The van der Waals surface area contributed by atoms with E-state index in [1.54, 1.807) is 4.90 Å². The number of nitrogens with one attached hydrogen (secondary N) is 1. The Balaban J connectivity index is 1.62. The molecule has 1 unspecified atom stereocenters. The topological polar surface area (TPSA) is 86.4 Å². The molecule has 1 aromatic carbocycles. The number of carbonyl (C=O) groups is 2. The molecule has 27 heavy (non-hydrogen) atoms. The summed E-state index contributed by atoms with van der Waals surface area (Å²) in [7, 11) is 0. The predicted octanol–water partition coefficient (Wildman–Crippen LogP) is 1.57. The molecule has 2 aromatic rings. The average Bonchev–Trinajstić information content (AvgIpc) is 3.11. The monoisotopic (exact) mass is 366 g/mol. The summed E-state index contributed by atoms with van der Waals surface area (Å²) >= 11 is 0. The number of aromatic amines is 1. The Kier molecular flexibility index (Phi) is 4.51. The molecule has 2 fully saturated rings. The maximum atomic E-state index is 13.4. The van der Waals surface area contributed by atoms with Crippen LogP contribution < -0.4 is 5.56 Å². The molecule has 4 rings (SSSR count). The molecule has 7 heteroatoms. The highest BCUT2D eigenvalue weighted by atomic mass is 16.2. The Bertz CT molecular complexity index is 911. The zero-order valence-corrected chi connectivity index (χ0v) is 15.1. The highest BCUT2D eigenvalue weighted by Crippen LogP contribution is 2.39. The Hall–Kier alpha value is -2.96. The third-order valence-electron chi connectivity index (χ3n) is 5.60. The third-order valence-corrected chi connectivity index (χ3v) is 5.60. The quantitative estimate of drug-likeness (QED) is 0.893. The van der Waals surface area contributed by atoms with E-state index >= 15 is 0 Å². The summed E-state index contributed by atoms with van der Waals surface area (Å²) in [5.41, 5.74) is -0.248. The zero-order valence-electron chi connectivity index (χ0n) is 15.1. The van der Waals surface area contributed by atoms with E-state index in [-0.39, 0.29) is 11.5 Å². The fraction of sp³-hybridized carbons (Fsp3) is 0.400. The van der Waals surface area contributed by atoms with Crippen LogP contribution in [-0.4, -0.2) is 50.2 Å². The van der Waals surface area contributed by atoms with E-state index in [0.29, 0.717) is 32.5 Å². The van der Waals surface area contributed by atoms with Crippen molar-refractivity contribution in [3.05, 3.63) is 64.3 Å². The lowest BCUT2D eigenvalue weighted by molar-refractivity contribution is -0.146. The molecule has 1 spiro atoms. The van der Waals surface area contributed by atoms with Crippen molar-refractivity contribution in [3.8, 4) is 0 Å². The number of hydrogen-bond donors (Lipinski definition) is 1. The first-order valence-electron chi connectivity index (χ1n) is 9.30. The van der Waals surface area contributed by atoms with Crippen LogP contribution in [0.4, 0.5) is 0 Å². The first kappa shape index (κ1) is 17.5. The molecule has 0 radical (unpaired) electrons. The van der Waals surface area contributed by atoms with Gasteiger partial charge in [-0.1, -0.05) is 30.3 Å². The van der Waals surface area contributed by atoms with Crippen molar-refractivity contribution in [2.75, 3.05) is 13.1 Å². The molecule has 3 heterocycles. The minimum atomic E-state index is -0.841. The van der Waals surface area contributed by atoms with Crippen LogP contribution in [0.25, 0.3) is 0 Å². The lowest BCUT2D eigenvalue weighted by atomic mass is 9.85. The number of hydrogen-bond acceptors (Lipinski definition) is 4. The van der Waals surface area contributed by atoms with E-state index in [1.165, 1.54) is 12.5 Å². The molecule has 1 N–H and O–H groups in total. The van der Waals surface area contributed by atoms with Crippen LogP contribution in [0.1, 0.15) is 41.6 Å². The van der Waals surface area contributed by atoms with Crippen molar-refractivity contribution in [3.63, 3.8) is 0 Å². The van der Waals surface area contributed by atoms with Gasteiger partial charge in [0.1, 0.15) is 11.1 Å². The number of amides is 2. The maximum absolute atomic E-state index is 13.4. The number of nitrogens with zero attached hydrogens (tertiary/aromatic N) is 3. The Labute approximate surface area is 157 Å². The van der Waals surface area contributed by atoms with Gasteiger partial charge in [0, 0.05) is 25.8 Å². The summed E-state index contributed by atoms with van der Waals surface area (Å²) in [4.78, 5) is 48.3. The molecule has 0 bridgehead atoms. The SMILES string of the molecule is O=C(c1cnc[nH]c1=O)N1CCCC12CCCN(Cc1ccccc1)C2=O. The van der Waals surface area contributed by atoms with E-state index < -0.39 is 17.0 Å². The number of rotatable bonds is 3. The summed E-state index contributed by atoms with van der Waals surface area (Å²) in [6.45, 7) is 1.71. The first-order valence-corrected chi connectivity index (χ1v) is 9.30. The summed E-state index contributed by atoms with van der Waals surface area (Å²) < 4.78 is 0. The number of piperidine rings is 1. The molecule has 2 amide bonds. The normalized spacial score (nSPS) is 22.4. The largest absolute Gasteiger partial charge is 0.336 e. The number of carbonyl (C=O) groups excluding carboxylic acids is 2. The molecule has 7 nitrogen and oxygen atoms in total. The van der Waals surface area contributed by atoms with Gasteiger partial charge in [0.2, 0.25) is 5.91 Å². The number of aromatic nitrogens is 2. The minimum Gasteiger partial charge on any atom is -0.336 e. The van der Waals surface area contributed by atoms with Crippen molar-refractivity contribution < 1.29 is 9.59 Å². The Morgan fingerprint density at radius 3 is 2.59 bits per heavy atom. The molecule has 2 aliphatic heterocycles. The van der Waals surface area contributed by atoms with Crippen LogP contribution in [0.5, 0.6) is 0 Å². The van der Waals surface area contributed by atoms with E-state index in [2.05, 4.69) is 9.97 Å². The van der Waals surface area contributed by atoms with Crippen molar-refractivity contribution in [2.45, 2.75) is 37.8 Å². The van der Waals surface area contributed by atoms with Crippen molar-refractivity contribution >= 4 is 11.8 Å². The van der Waals surface area contributed by atoms with Crippen molar-refractivity contribution in [1.29, 1.82) is 0 Å². The van der Waals surface area contributed by atoms with E-state index in [1.807, 2.05) is 35.2 Å². The highest BCUT2D eigenvalue weighted by molar-refractivity contribution is 5.99. The van der Waals surface area contributed by atoms with Crippen LogP contribution in [0, 0.1) is 0 Å². The van der Waals surface area contributed by atoms with Crippen LogP contribution in [-0.2, 0) is 11.3 Å². The van der Waals surface area contributed by atoms with Gasteiger partial charge in [0.15, 0.2) is 0 Å². The van der Waals surface area contributed by atoms with Gasteiger partial charge >= 0.3 is 0 Å². The molecule has 1 aromatic heterocycles. The molecule has 0 aliphatic carbocycles. The second kappa shape index (κ2) is 6.98. The van der Waals surface area contributed by atoms with E-state index in [9.17, 15) is 14.4 Å². The van der Waals surface area contributed by atoms with E-state index in [0.717, 1.165) is 18.4 Å². The Morgan fingerprint density at radius 2 is 1.85 bits per heavy atom. The molecule has 1 atom stereocenters. The van der Waals surface area contributed by atoms with Gasteiger partial charge in [-0.25, -0.2) is 4.98 Å². The lowest BCUT2D eigenvalue weighted by Crippen LogP contribution is -2.61. The van der Waals surface area contributed by atoms with Gasteiger partial charge in [-0.2, -0.15) is 0 Å². The Morgan fingerprint density at radius 1 is 1.11 bits per heavy atom. The van der Waals surface area contributed by atoms with Crippen LogP contribution >= 0.6 is 0 Å². The molecule has 0 saturated carbocycles. The van der Waals surface area contributed by atoms with Gasteiger partial charge in [0.25, 0.3) is 11.5 Å². The predicted molar refractivity (Wildman–Crippen MR) is 99.0 cm³/mol. The van der Waals surface area contributed by atoms with Crippen LogP contribution in [0.15, 0.2) is 47.7 Å². The molecular formula is C20H22N4O3. The fourth-order valence-electron chi connectivity index (χ4n) is 4.32. The number of benzene rings is 1. The van der Waals surface area contributed by atoms with E-state index in [4.69, 9.17) is 0 Å². The summed E-state index contributed by atoms with van der Waals surface area (Å²) in [6, 6.07) is 9.87. The smallest absolute Gasteiger partial charge is 0.263 e. The second-order valence-corrected chi connectivity index (χ2v) is 7.20. The van der Waals surface area contributed by atoms with Gasteiger partial charge in [-0.05, 0) is 31.2 Å². The third kappa shape index (κ3) is 3.03. The molecule has 2 aliphatic rings. The average molecular weight is 366 g/mol. The van der Waals surface area contributed by atoms with Gasteiger partial charge in [0.05, 0.1) is 6.33 Å². The second-order valence-electron chi connectivity index (χ2n) is 7.20. The highest BCUT2D eigenvalue weighted by Gasteiger charge is 2.53. The van der Waals surface area contributed by atoms with Gasteiger partial charge in [-0.3, -0.25) is 14.4 Å². The minimum absolute atomic E-state index is 0.00763. The standard InChI is InChI=1S/C20H22N4O3/c25-17-16(12-21-14-22-17)18(26)24-11-5-9-20(24)8-4-10-23(19(20)27)13-15-6-2-1-3-7-15/h1-3,6-7,12,14H,4-5,8-11,13H2,(H,21,22,25). The number of H-pyrrole nitrogens is 1. The van der Waals surface area contributed by atoms with Gasteiger partial charge in [-0.15, -0.1) is 0 Å². The number of likely N-dealkylation sites (tertiary alicyclic amines) is 2. The molecule has 2 saturated heterocycles. The first-order chi connectivity index (χ1) is 13.1. The lowest BCUT2D eigenvalue weighted by Gasteiger charge is -2.44. The summed E-state index contributed by atoms with van der Waals surface area (Å²) in [6.07, 6.45) is 5.41. The van der Waals surface area contributed by atoms with Gasteiger partial charge < -0.3 is 14.8 Å². The summed E-state index contributed by atoms with van der Waals surface area (Å²) in [5.74, 6) is -0.416. The molecule has 140 valence electrons. The van der Waals surface area contributed by atoms with Crippen molar-refractivity contribution in [1.82, 2.24) is 19.8 Å². The van der Waals surface area contributed by atoms with Crippen LogP contribution in [0.3, 0.4) is 0 Å². The maximum Gasteiger partial charge on any atom is 0.263 e. The zero-order chi connectivity index (χ0) is 18.9. The fourth-order valence-corrected chi connectivity index (χ4v) is 4.32. The van der Waals surface area contributed by atoms with Crippen LogP contribution in [0.2, 0.25) is 0 Å². The van der Waals surface area contributed by atoms with Crippen molar-refractivity contribution in [2.24, 2.45) is 0 Å². The summed E-state index contributed by atoms with van der Waals surface area (Å²) in [5, 5.41) is 0.